The van der Waals surface area contributed by atoms with Crippen LogP contribution in [0, 0.1) is 11.8 Å². The Kier molecular flexibility index (Phi) is 4.72. The van der Waals surface area contributed by atoms with E-state index in [4.69, 9.17) is 0 Å². The molecule has 2 aliphatic rings. The van der Waals surface area contributed by atoms with Gasteiger partial charge in [0.25, 0.3) is 0 Å². The highest BCUT2D eigenvalue weighted by atomic mass is 14.2. The van der Waals surface area contributed by atoms with Crippen LogP contribution in [0.4, 0.5) is 0 Å². The zero-order valence-electron chi connectivity index (χ0n) is 8.81. The van der Waals surface area contributed by atoms with Gasteiger partial charge in [0.2, 0.25) is 0 Å². The minimum atomic E-state index is 1.01. The summed E-state index contributed by atoms with van der Waals surface area (Å²) in [7, 11) is 0. The predicted molar refractivity (Wildman–Crippen MR) is 55.3 cm³/mol. The molecule has 2 fully saturated rings. The molecule has 0 N–H and O–H groups in total. The Morgan fingerprint density at radius 2 is 0.917 bits per heavy atom. The van der Waals surface area contributed by atoms with Gasteiger partial charge >= 0.3 is 0 Å². The molecule has 0 aromatic carbocycles. The molecule has 0 heterocycles. The normalized spacial score (nSPS) is 34.5. The quantitative estimate of drug-likeness (QED) is 0.503. The van der Waals surface area contributed by atoms with Crippen LogP contribution in [0.3, 0.4) is 0 Å². The van der Waals surface area contributed by atoms with Crippen LogP contribution in [0.1, 0.15) is 65.2 Å². The minimum absolute atomic E-state index is 1.01. The summed E-state index contributed by atoms with van der Waals surface area (Å²) in [5.41, 5.74) is 0. The highest BCUT2D eigenvalue weighted by Crippen LogP contribution is 2.29. The summed E-state index contributed by atoms with van der Waals surface area (Å²) >= 11 is 0. The fourth-order valence-corrected chi connectivity index (χ4v) is 2.21. The van der Waals surface area contributed by atoms with Crippen LogP contribution in [0.25, 0.3) is 0 Å². The van der Waals surface area contributed by atoms with Crippen molar-refractivity contribution >= 4 is 0 Å². The Balaban J connectivity index is 0.000000127. The zero-order valence-corrected chi connectivity index (χ0v) is 8.81. The van der Waals surface area contributed by atoms with E-state index in [1.54, 1.807) is 0 Å². The summed E-state index contributed by atoms with van der Waals surface area (Å²) in [5.74, 6) is 2.03. The Morgan fingerprint density at radius 3 is 1.08 bits per heavy atom. The van der Waals surface area contributed by atoms with E-state index in [-0.39, 0.29) is 0 Å². The third kappa shape index (κ3) is 3.60. The lowest BCUT2D eigenvalue weighted by atomic mass is 10.0. The van der Waals surface area contributed by atoms with Crippen molar-refractivity contribution in [1.29, 1.82) is 0 Å². The molecule has 0 nitrogen and oxygen atoms in total. The van der Waals surface area contributed by atoms with E-state index in [1.807, 2.05) is 0 Å². The molecule has 0 saturated heterocycles. The van der Waals surface area contributed by atoms with Gasteiger partial charge in [-0.2, -0.15) is 0 Å². The Labute approximate surface area is 77.7 Å². The van der Waals surface area contributed by atoms with Crippen molar-refractivity contribution in [3.8, 4) is 0 Å². The van der Waals surface area contributed by atoms with Crippen molar-refractivity contribution in [1.82, 2.24) is 0 Å². The molecule has 72 valence electrons. The van der Waals surface area contributed by atoms with Crippen LogP contribution >= 0.6 is 0 Å². The second-order valence-corrected chi connectivity index (χ2v) is 4.65. The smallest absolute Gasteiger partial charge is 0.0417 e. The van der Waals surface area contributed by atoms with Crippen LogP contribution in [-0.2, 0) is 0 Å². The lowest BCUT2D eigenvalue weighted by molar-refractivity contribution is 0.457. The Bertz CT molecular complexity index is 87.0. The maximum Gasteiger partial charge on any atom is -0.0417 e. The molecular formula is C12H24. The molecule has 0 spiro atoms. The van der Waals surface area contributed by atoms with Gasteiger partial charge in [-0.3, -0.25) is 0 Å². The largest absolute Gasteiger partial charge is 0.0623 e. The molecule has 0 radical (unpaired) electrons. The van der Waals surface area contributed by atoms with Crippen LogP contribution in [0.15, 0.2) is 0 Å². The van der Waals surface area contributed by atoms with Gasteiger partial charge in [0.05, 0.1) is 0 Å². The maximum atomic E-state index is 2.36. The molecule has 2 rings (SSSR count). The summed E-state index contributed by atoms with van der Waals surface area (Å²) in [6, 6.07) is 0. The second-order valence-electron chi connectivity index (χ2n) is 4.65. The Hall–Kier alpha value is 0. The highest BCUT2D eigenvalue weighted by Gasteiger charge is 2.17. The highest BCUT2D eigenvalue weighted by molar-refractivity contribution is 4.69. The van der Waals surface area contributed by atoms with Crippen molar-refractivity contribution in [2.75, 3.05) is 0 Å². The van der Waals surface area contributed by atoms with Gasteiger partial charge in [-0.1, -0.05) is 65.2 Å². The maximum absolute atomic E-state index is 2.36. The van der Waals surface area contributed by atoms with Gasteiger partial charge in [-0.15, -0.1) is 0 Å². The fraction of sp³-hybridized carbons (Fsp3) is 1.00. The third-order valence-corrected chi connectivity index (χ3v) is 3.54. The molecule has 0 bridgehead atoms. The number of hydrogen-bond donors (Lipinski definition) is 0. The molecule has 0 amide bonds. The summed E-state index contributed by atoms with van der Waals surface area (Å²) in [6.07, 6.45) is 11.9. The van der Waals surface area contributed by atoms with E-state index >= 15 is 0 Å². The van der Waals surface area contributed by atoms with Crippen LogP contribution in [0.2, 0.25) is 0 Å². The van der Waals surface area contributed by atoms with Crippen molar-refractivity contribution in [3.05, 3.63) is 0 Å². The standard InChI is InChI=1S/C7H14.C5H10/c1-6-4-3-5-7(6)2;1-2-4-5-3-1/h6-7H,3-5H2,1-2H3;1-5H2. The average molecular weight is 168 g/mol. The van der Waals surface area contributed by atoms with Gasteiger partial charge < -0.3 is 0 Å². The summed E-state index contributed by atoms with van der Waals surface area (Å²) in [5, 5.41) is 0. The topological polar surface area (TPSA) is 0 Å². The first-order valence-corrected chi connectivity index (χ1v) is 5.80. The van der Waals surface area contributed by atoms with Crippen LogP contribution in [-0.4, -0.2) is 0 Å². The van der Waals surface area contributed by atoms with Gasteiger partial charge in [0, 0.05) is 0 Å². The fourth-order valence-electron chi connectivity index (χ4n) is 2.21. The van der Waals surface area contributed by atoms with Crippen molar-refractivity contribution in [3.63, 3.8) is 0 Å². The molecule has 0 aromatic rings. The van der Waals surface area contributed by atoms with E-state index in [2.05, 4.69) is 13.8 Å². The van der Waals surface area contributed by atoms with Crippen molar-refractivity contribution in [2.24, 2.45) is 11.8 Å². The Morgan fingerprint density at radius 1 is 0.583 bits per heavy atom. The lowest BCUT2D eigenvalue weighted by Gasteiger charge is -2.05. The van der Waals surface area contributed by atoms with Gasteiger partial charge in [-0.25, -0.2) is 0 Å². The zero-order chi connectivity index (χ0) is 8.81. The molecular weight excluding hydrogens is 144 g/mol. The van der Waals surface area contributed by atoms with Gasteiger partial charge in [0.1, 0.15) is 0 Å². The molecule has 2 aliphatic carbocycles. The van der Waals surface area contributed by atoms with Crippen molar-refractivity contribution in [2.45, 2.75) is 65.2 Å². The van der Waals surface area contributed by atoms with E-state index < -0.39 is 0 Å². The first kappa shape index (κ1) is 10.1. The summed E-state index contributed by atoms with van der Waals surface area (Å²) in [4.78, 5) is 0. The van der Waals surface area contributed by atoms with Crippen molar-refractivity contribution < 1.29 is 0 Å². The predicted octanol–water partition coefficient (Wildman–Crippen LogP) is 4.39. The molecule has 2 unspecified atom stereocenters. The molecule has 0 aliphatic heterocycles. The van der Waals surface area contributed by atoms with Gasteiger partial charge in [0.15, 0.2) is 0 Å². The van der Waals surface area contributed by atoms with E-state index in [1.165, 1.54) is 51.4 Å². The van der Waals surface area contributed by atoms with E-state index in [0.717, 1.165) is 11.8 Å². The van der Waals surface area contributed by atoms with Crippen LogP contribution in [0.5, 0.6) is 0 Å². The summed E-state index contributed by atoms with van der Waals surface area (Å²) in [6.45, 7) is 4.72. The first-order valence-electron chi connectivity index (χ1n) is 5.80. The lowest BCUT2D eigenvalue weighted by Crippen LogP contribution is -1.95. The monoisotopic (exact) mass is 168 g/mol. The van der Waals surface area contributed by atoms with Crippen LogP contribution < -0.4 is 0 Å². The third-order valence-electron chi connectivity index (χ3n) is 3.54. The second kappa shape index (κ2) is 5.61. The molecule has 2 atom stereocenters. The van der Waals surface area contributed by atoms with E-state index in [9.17, 15) is 0 Å². The average Bonchev–Trinajstić information content (AvgIpc) is 2.67. The minimum Gasteiger partial charge on any atom is -0.0623 e. The molecule has 0 heteroatoms. The first-order chi connectivity index (χ1) is 5.80. The number of hydrogen-bond acceptors (Lipinski definition) is 0. The SMILES string of the molecule is C1CCCC1.CC1CCCC1C. The molecule has 12 heavy (non-hydrogen) atoms. The van der Waals surface area contributed by atoms with E-state index in [0.29, 0.717) is 0 Å². The molecule has 2 saturated carbocycles. The number of rotatable bonds is 0. The van der Waals surface area contributed by atoms with Gasteiger partial charge in [-0.05, 0) is 11.8 Å². The summed E-state index contributed by atoms with van der Waals surface area (Å²) < 4.78 is 0. The molecule has 0 aromatic heterocycles.